The molecule has 0 N–H and O–H groups in total. The van der Waals surface area contributed by atoms with Crippen molar-refractivity contribution in [2.45, 2.75) is 11.8 Å². The van der Waals surface area contributed by atoms with E-state index in [-0.39, 0.29) is 0 Å². The van der Waals surface area contributed by atoms with Crippen LogP contribution in [0.2, 0.25) is 0 Å². The average molecular weight is 274 g/mol. The lowest BCUT2D eigenvalue weighted by Crippen LogP contribution is -2.18. The predicted molar refractivity (Wildman–Crippen MR) is 80.7 cm³/mol. The Labute approximate surface area is 118 Å². The van der Waals surface area contributed by atoms with Crippen LogP contribution in [0.25, 0.3) is 0 Å². The number of thioether (sulfide) groups is 1. The van der Waals surface area contributed by atoms with Crippen LogP contribution in [0.5, 0.6) is 0 Å². The zero-order valence-corrected chi connectivity index (χ0v) is 12.3. The minimum Gasteiger partial charge on any atom is -0.301 e. The first-order valence-corrected chi connectivity index (χ1v) is 7.17. The summed E-state index contributed by atoms with van der Waals surface area (Å²) in [5.74, 6) is 1.93. The van der Waals surface area contributed by atoms with Gasteiger partial charge in [0.25, 0.3) is 0 Å². The van der Waals surface area contributed by atoms with Crippen molar-refractivity contribution in [3.05, 3.63) is 48.5 Å². The van der Waals surface area contributed by atoms with E-state index in [4.69, 9.17) is 0 Å². The highest BCUT2D eigenvalue weighted by Gasteiger charge is 2.11. The fraction of sp³-hybridized carbons (Fsp3) is 0.286. The molecule has 1 aromatic heterocycles. The molecule has 100 valence electrons. The number of aromatic nitrogens is 2. The molecule has 0 fully saturated rings. The van der Waals surface area contributed by atoms with Gasteiger partial charge >= 0.3 is 0 Å². The Bertz CT molecular complexity index is 546. The number of hydrogen-bond donors (Lipinski definition) is 0. The van der Waals surface area contributed by atoms with Gasteiger partial charge in [-0.15, -0.1) is 11.8 Å². The first-order chi connectivity index (χ1) is 9.22. The van der Waals surface area contributed by atoms with Crippen LogP contribution in [0.3, 0.4) is 0 Å². The van der Waals surface area contributed by atoms with Crippen molar-refractivity contribution in [3.63, 3.8) is 0 Å². The fourth-order valence-corrected chi connectivity index (χ4v) is 2.55. The SMILES string of the molecule is CCSc1ccccc1/C(=N\N(C)C)n1ccnc1. The van der Waals surface area contributed by atoms with Gasteiger partial charge in [-0.05, 0) is 11.8 Å². The third-order valence-electron chi connectivity index (χ3n) is 2.47. The molecule has 2 rings (SSSR count). The molecular formula is C14H18N4S. The van der Waals surface area contributed by atoms with Crippen molar-refractivity contribution in [1.29, 1.82) is 0 Å². The van der Waals surface area contributed by atoms with Gasteiger partial charge in [-0.3, -0.25) is 4.57 Å². The summed E-state index contributed by atoms with van der Waals surface area (Å²) in [6.07, 6.45) is 5.45. The van der Waals surface area contributed by atoms with Crippen LogP contribution in [-0.2, 0) is 0 Å². The van der Waals surface area contributed by atoms with Gasteiger partial charge in [-0.2, -0.15) is 5.10 Å². The Morgan fingerprint density at radius 2 is 2.16 bits per heavy atom. The fourth-order valence-electron chi connectivity index (χ4n) is 1.75. The smallest absolute Gasteiger partial charge is 0.166 e. The van der Waals surface area contributed by atoms with Crippen molar-refractivity contribution < 1.29 is 0 Å². The van der Waals surface area contributed by atoms with E-state index in [0.717, 1.165) is 17.2 Å². The summed E-state index contributed by atoms with van der Waals surface area (Å²) in [7, 11) is 3.85. The first-order valence-electron chi connectivity index (χ1n) is 6.19. The van der Waals surface area contributed by atoms with Gasteiger partial charge in [-0.1, -0.05) is 25.1 Å². The molecule has 0 radical (unpaired) electrons. The lowest BCUT2D eigenvalue weighted by molar-refractivity contribution is 0.435. The first kappa shape index (κ1) is 13.7. The van der Waals surface area contributed by atoms with E-state index in [2.05, 4.69) is 35.2 Å². The van der Waals surface area contributed by atoms with Crippen molar-refractivity contribution >= 4 is 17.6 Å². The van der Waals surface area contributed by atoms with E-state index in [9.17, 15) is 0 Å². The van der Waals surface area contributed by atoms with Crippen LogP contribution >= 0.6 is 11.8 Å². The number of hydrazone groups is 1. The van der Waals surface area contributed by atoms with Crippen LogP contribution in [-0.4, -0.2) is 40.2 Å². The molecule has 2 aromatic rings. The van der Waals surface area contributed by atoms with E-state index in [1.54, 1.807) is 12.5 Å². The van der Waals surface area contributed by atoms with E-state index >= 15 is 0 Å². The lowest BCUT2D eigenvalue weighted by Gasteiger charge is -2.14. The third-order valence-corrected chi connectivity index (χ3v) is 3.43. The van der Waals surface area contributed by atoms with Crippen molar-refractivity contribution in [3.8, 4) is 0 Å². The Morgan fingerprint density at radius 3 is 2.79 bits per heavy atom. The van der Waals surface area contributed by atoms with Gasteiger partial charge in [0.15, 0.2) is 5.84 Å². The summed E-state index contributed by atoms with van der Waals surface area (Å²) in [5.41, 5.74) is 1.13. The highest BCUT2D eigenvalue weighted by atomic mass is 32.2. The molecule has 0 aliphatic rings. The molecule has 4 nitrogen and oxygen atoms in total. The number of nitrogens with zero attached hydrogens (tertiary/aromatic N) is 4. The Hall–Kier alpha value is -1.75. The monoisotopic (exact) mass is 274 g/mol. The second-order valence-corrected chi connectivity index (χ2v) is 5.48. The maximum Gasteiger partial charge on any atom is 0.166 e. The molecule has 0 saturated carbocycles. The van der Waals surface area contributed by atoms with E-state index in [1.165, 1.54) is 4.90 Å². The standard InChI is InChI=1S/C14H18N4S/c1-4-19-13-8-6-5-7-12(13)14(16-17(2)3)18-10-9-15-11-18/h5-11H,4H2,1-3H3/b16-14+. The van der Waals surface area contributed by atoms with Crippen molar-refractivity contribution in [2.75, 3.05) is 19.8 Å². The van der Waals surface area contributed by atoms with E-state index in [1.807, 2.05) is 47.7 Å². The average Bonchev–Trinajstić information content (AvgIpc) is 2.91. The largest absolute Gasteiger partial charge is 0.301 e. The summed E-state index contributed by atoms with van der Waals surface area (Å²) in [4.78, 5) is 5.34. The quantitative estimate of drug-likeness (QED) is 0.372. The number of benzene rings is 1. The maximum absolute atomic E-state index is 4.59. The summed E-state index contributed by atoms with van der Waals surface area (Å²) < 4.78 is 1.94. The summed E-state index contributed by atoms with van der Waals surface area (Å²) in [5, 5.41) is 6.40. The van der Waals surface area contributed by atoms with Crippen LogP contribution in [0.4, 0.5) is 0 Å². The minimum atomic E-state index is 0.888. The minimum absolute atomic E-state index is 0.888. The van der Waals surface area contributed by atoms with Gasteiger partial charge in [0.05, 0.1) is 0 Å². The Kier molecular flexibility index (Phi) is 4.63. The zero-order chi connectivity index (χ0) is 13.7. The molecular weight excluding hydrogens is 256 g/mol. The van der Waals surface area contributed by atoms with Crippen LogP contribution in [0.1, 0.15) is 12.5 Å². The molecule has 0 atom stereocenters. The summed E-state index contributed by atoms with van der Waals surface area (Å²) in [6.45, 7) is 2.15. The van der Waals surface area contributed by atoms with Gasteiger partial charge in [0.1, 0.15) is 6.33 Å². The van der Waals surface area contributed by atoms with E-state index < -0.39 is 0 Å². The Morgan fingerprint density at radius 1 is 1.37 bits per heavy atom. The second kappa shape index (κ2) is 6.43. The van der Waals surface area contributed by atoms with E-state index in [0.29, 0.717) is 0 Å². The van der Waals surface area contributed by atoms with Crippen LogP contribution < -0.4 is 0 Å². The maximum atomic E-state index is 4.59. The molecule has 19 heavy (non-hydrogen) atoms. The third kappa shape index (κ3) is 3.38. The molecule has 5 heteroatoms. The number of rotatable bonds is 4. The van der Waals surface area contributed by atoms with Gasteiger partial charge in [0.2, 0.25) is 0 Å². The van der Waals surface area contributed by atoms with Crippen molar-refractivity contribution in [2.24, 2.45) is 5.10 Å². The molecule has 1 heterocycles. The highest BCUT2D eigenvalue weighted by Crippen LogP contribution is 2.23. The highest BCUT2D eigenvalue weighted by molar-refractivity contribution is 7.99. The van der Waals surface area contributed by atoms with Crippen molar-refractivity contribution in [1.82, 2.24) is 14.6 Å². The predicted octanol–water partition coefficient (Wildman–Crippen LogP) is 2.77. The van der Waals surface area contributed by atoms with Crippen LogP contribution in [0, 0.1) is 0 Å². The zero-order valence-electron chi connectivity index (χ0n) is 11.4. The van der Waals surface area contributed by atoms with Crippen LogP contribution in [0.15, 0.2) is 53.0 Å². The van der Waals surface area contributed by atoms with Gasteiger partial charge in [-0.25, -0.2) is 4.98 Å². The molecule has 0 amide bonds. The summed E-state index contributed by atoms with van der Waals surface area (Å²) in [6, 6.07) is 8.33. The summed E-state index contributed by atoms with van der Waals surface area (Å²) >= 11 is 1.82. The van der Waals surface area contributed by atoms with Gasteiger partial charge < -0.3 is 5.01 Å². The molecule has 0 spiro atoms. The second-order valence-electron chi connectivity index (χ2n) is 4.17. The number of hydrogen-bond acceptors (Lipinski definition) is 4. The molecule has 0 unspecified atom stereocenters. The number of imidazole rings is 1. The molecule has 1 aromatic carbocycles. The molecule has 0 aliphatic heterocycles. The Balaban J connectivity index is 2.50. The molecule has 0 aliphatic carbocycles. The molecule has 0 bridgehead atoms. The molecule has 0 saturated heterocycles. The lowest BCUT2D eigenvalue weighted by atomic mass is 10.2. The normalized spacial score (nSPS) is 11.6. The van der Waals surface area contributed by atoms with Gasteiger partial charge in [0, 0.05) is 36.9 Å². The topological polar surface area (TPSA) is 33.4 Å².